The first-order chi connectivity index (χ1) is 16.0. The molecule has 1 fully saturated rings. The van der Waals surface area contributed by atoms with Crippen LogP contribution in [0.3, 0.4) is 0 Å². The Kier molecular flexibility index (Phi) is 8.02. The van der Waals surface area contributed by atoms with Gasteiger partial charge in [0.25, 0.3) is 5.69 Å². The third kappa shape index (κ3) is 6.86. The Morgan fingerprint density at radius 3 is 2.41 bits per heavy atom. The average Bonchev–Trinajstić information content (AvgIpc) is 2.77. The fourth-order valence-electron chi connectivity index (χ4n) is 3.75. The van der Waals surface area contributed by atoms with Gasteiger partial charge in [0.2, 0.25) is 5.91 Å². The van der Waals surface area contributed by atoms with E-state index in [0.717, 1.165) is 24.3 Å². The molecule has 0 atom stereocenters. The monoisotopic (exact) mass is 486 g/mol. The molecule has 0 saturated carbocycles. The van der Waals surface area contributed by atoms with Crippen molar-refractivity contribution < 1.29 is 31.7 Å². The van der Waals surface area contributed by atoms with E-state index in [9.17, 15) is 36.9 Å². The molecule has 12 heteroatoms. The quantitative estimate of drug-likeness (QED) is 0.327. The number of likely N-dealkylation sites (tertiary alicyclic amines) is 1. The number of nitro benzene ring substituents is 1. The number of anilines is 1. The summed E-state index contributed by atoms with van der Waals surface area (Å²) in [6.45, 7) is 1.78. The number of rotatable bonds is 8. The Hall–Kier alpha value is -3.28. The summed E-state index contributed by atoms with van der Waals surface area (Å²) in [5, 5.41) is 16.6. The molecule has 2 aromatic carbocycles. The molecule has 0 aromatic heterocycles. The predicted molar refractivity (Wildman–Crippen MR) is 114 cm³/mol. The number of nitrogens with zero attached hydrogens (tertiary/aromatic N) is 2. The van der Waals surface area contributed by atoms with Gasteiger partial charge in [-0.1, -0.05) is 6.07 Å². The molecular formula is C22H23F5N4O3. The summed E-state index contributed by atoms with van der Waals surface area (Å²) in [7, 11) is 0. The van der Waals surface area contributed by atoms with Crippen LogP contribution in [0.2, 0.25) is 0 Å². The highest BCUT2D eigenvalue weighted by Crippen LogP contribution is 2.34. The first-order valence-corrected chi connectivity index (χ1v) is 10.6. The summed E-state index contributed by atoms with van der Waals surface area (Å²) >= 11 is 0. The minimum absolute atomic E-state index is 0.00696. The number of alkyl halides is 3. The van der Waals surface area contributed by atoms with Gasteiger partial charge in [-0.3, -0.25) is 19.8 Å². The number of halogens is 5. The van der Waals surface area contributed by atoms with E-state index in [1.165, 1.54) is 6.07 Å². The first-order valence-electron chi connectivity index (χ1n) is 10.6. The van der Waals surface area contributed by atoms with Crippen molar-refractivity contribution in [2.24, 2.45) is 0 Å². The molecule has 184 valence electrons. The van der Waals surface area contributed by atoms with Crippen LogP contribution in [0.4, 0.5) is 33.3 Å². The Labute approximate surface area is 192 Å². The standard InChI is InChI=1S/C22H23F5N4O3/c23-17-3-1-14(11-18(17)24)13-30-9-6-16(7-10-30)29-21(32)5-8-28-19-4-2-15(22(25,26)27)12-20(19)31(33)34/h1-4,11-12,16,28H,5-10,13H2,(H,29,32). The molecular weight excluding hydrogens is 463 g/mol. The van der Waals surface area contributed by atoms with Crippen LogP contribution in [0.1, 0.15) is 30.4 Å². The maximum Gasteiger partial charge on any atom is 0.416 e. The molecule has 1 saturated heterocycles. The number of hydrogen-bond donors (Lipinski definition) is 2. The summed E-state index contributed by atoms with van der Waals surface area (Å²) in [5.41, 5.74) is -1.29. The van der Waals surface area contributed by atoms with Crippen LogP contribution < -0.4 is 10.6 Å². The van der Waals surface area contributed by atoms with E-state index in [2.05, 4.69) is 15.5 Å². The summed E-state index contributed by atoms with van der Waals surface area (Å²) in [4.78, 5) is 24.5. The minimum atomic E-state index is -4.70. The lowest BCUT2D eigenvalue weighted by Crippen LogP contribution is -2.44. The zero-order chi connectivity index (χ0) is 24.9. The number of benzene rings is 2. The third-order valence-corrected chi connectivity index (χ3v) is 5.53. The maximum atomic E-state index is 13.4. The van der Waals surface area contributed by atoms with Gasteiger partial charge in [0.05, 0.1) is 10.5 Å². The van der Waals surface area contributed by atoms with Crippen LogP contribution in [0.25, 0.3) is 0 Å². The Balaban J connectivity index is 1.43. The van der Waals surface area contributed by atoms with E-state index in [1.54, 1.807) is 0 Å². The summed E-state index contributed by atoms with van der Waals surface area (Å²) in [5.74, 6) is -2.08. The number of hydrogen-bond acceptors (Lipinski definition) is 5. The fourth-order valence-corrected chi connectivity index (χ4v) is 3.75. The molecule has 1 aliphatic heterocycles. The zero-order valence-corrected chi connectivity index (χ0v) is 18.0. The highest BCUT2D eigenvalue weighted by atomic mass is 19.4. The number of piperidine rings is 1. The smallest absolute Gasteiger partial charge is 0.379 e. The number of nitrogens with one attached hydrogen (secondary N) is 2. The molecule has 0 unspecified atom stereocenters. The topological polar surface area (TPSA) is 87.5 Å². The van der Waals surface area contributed by atoms with Crippen LogP contribution in [-0.4, -0.2) is 41.4 Å². The molecule has 0 spiro atoms. The highest BCUT2D eigenvalue weighted by molar-refractivity contribution is 5.77. The second kappa shape index (κ2) is 10.8. The minimum Gasteiger partial charge on any atom is -0.379 e. The van der Waals surface area contributed by atoms with Crippen molar-refractivity contribution in [1.29, 1.82) is 0 Å². The lowest BCUT2D eigenvalue weighted by molar-refractivity contribution is -0.384. The number of carbonyl (C=O) groups excluding carboxylic acids is 1. The van der Waals surface area contributed by atoms with Crippen molar-refractivity contribution in [2.75, 3.05) is 25.0 Å². The van der Waals surface area contributed by atoms with E-state index in [1.807, 2.05) is 0 Å². The van der Waals surface area contributed by atoms with Crippen molar-refractivity contribution in [2.45, 2.75) is 38.0 Å². The van der Waals surface area contributed by atoms with Gasteiger partial charge in [0, 0.05) is 44.7 Å². The van der Waals surface area contributed by atoms with Crippen molar-refractivity contribution in [3.63, 3.8) is 0 Å². The molecule has 3 rings (SSSR count). The van der Waals surface area contributed by atoms with Gasteiger partial charge in [0.1, 0.15) is 5.69 Å². The van der Waals surface area contributed by atoms with Crippen molar-refractivity contribution >= 4 is 17.3 Å². The zero-order valence-electron chi connectivity index (χ0n) is 18.0. The predicted octanol–water partition coefficient (Wildman–Crippen LogP) is 4.47. The highest BCUT2D eigenvalue weighted by Gasteiger charge is 2.33. The van der Waals surface area contributed by atoms with Crippen molar-refractivity contribution in [3.8, 4) is 0 Å². The van der Waals surface area contributed by atoms with E-state index in [4.69, 9.17) is 0 Å². The molecule has 0 aliphatic carbocycles. The Morgan fingerprint density at radius 2 is 1.79 bits per heavy atom. The van der Waals surface area contributed by atoms with Gasteiger partial charge in [-0.15, -0.1) is 0 Å². The third-order valence-electron chi connectivity index (χ3n) is 5.53. The van der Waals surface area contributed by atoms with Gasteiger partial charge in [-0.05, 0) is 42.7 Å². The SMILES string of the molecule is O=C(CCNc1ccc(C(F)(F)F)cc1[N+](=O)[O-])NC1CCN(Cc2ccc(F)c(F)c2)CC1. The van der Waals surface area contributed by atoms with Gasteiger partial charge < -0.3 is 10.6 Å². The molecule has 0 bridgehead atoms. The second-order valence-corrected chi connectivity index (χ2v) is 8.03. The second-order valence-electron chi connectivity index (χ2n) is 8.03. The summed E-state index contributed by atoms with van der Waals surface area (Å²) < 4.78 is 64.7. The lowest BCUT2D eigenvalue weighted by atomic mass is 10.0. The van der Waals surface area contributed by atoms with Gasteiger partial charge in [-0.25, -0.2) is 8.78 Å². The normalized spacial score (nSPS) is 15.2. The molecule has 1 aliphatic rings. The van der Waals surface area contributed by atoms with E-state index in [0.29, 0.717) is 44.1 Å². The maximum absolute atomic E-state index is 13.4. The largest absolute Gasteiger partial charge is 0.416 e. The Morgan fingerprint density at radius 1 is 1.09 bits per heavy atom. The van der Waals surface area contributed by atoms with Crippen LogP contribution >= 0.6 is 0 Å². The summed E-state index contributed by atoms with van der Waals surface area (Å²) in [6, 6.07) is 5.87. The molecule has 0 radical (unpaired) electrons. The number of nitro groups is 1. The van der Waals surface area contributed by atoms with Gasteiger partial charge in [-0.2, -0.15) is 13.2 Å². The molecule has 34 heavy (non-hydrogen) atoms. The van der Waals surface area contributed by atoms with Crippen LogP contribution in [0, 0.1) is 21.7 Å². The lowest BCUT2D eigenvalue weighted by Gasteiger charge is -2.32. The van der Waals surface area contributed by atoms with Crippen molar-refractivity contribution in [1.82, 2.24) is 10.2 Å². The van der Waals surface area contributed by atoms with E-state index >= 15 is 0 Å². The van der Waals surface area contributed by atoms with Crippen LogP contribution in [-0.2, 0) is 17.5 Å². The molecule has 1 amide bonds. The molecule has 2 aromatic rings. The van der Waals surface area contributed by atoms with Crippen LogP contribution in [0.15, 0.2) is 36.4 Å². The van der Waals surface area contributed by atoms with Gasteiger partial charge in [0.15, 0.2) is 11.6 Å². The molecule has 1 heterocycles. The molecule has 7 nitrogen and oxygen atoms in total. The number of carbonyl (C=O) groups is 1. The van der Waals surface area contributed by atoms with Gasteiger partial charge >= 0.3 is 6.18 Å². The molecule has 2 N–H and O–H groups in total. The summed E-state index contributed by atoms with van der Waals surface area (Å²) in [6.07, 6.45) is -3.40. The van der Waals surface area contributed by atoms with E-state index < -0.39 is 34.0 Å². The van der Waals surface area contributed by atoms with Crippen LogP contribution in [0.5, 0.6) is 0 Å². The van der Waals surface area contributed by atoms with E-state index in [-0.39, 0.29) is 30.6 Å². The first kappa shape index (κ1) is 25.3. The fraction of sp³-hybridized carbons (Fsp3) is 0.409. The average molecular weight is 486 g/mol. The number of amides is 1. The Bertz CT molecular complexity index is 1040. The van der Waals surface area contributed by atoms with Crippen molar-refractivity contribution in [3.05, 3.63) is 69.3 Å².